The van der Waals surface area contributed by atoms with Gasteiger partial charge in [0.15, 0.2) is 17.8 Å². The highest BCUT2D eigenvalue weighted by molar-refractivity contribution is 6.30. The first-order valence-electron chi connectivity index (χ1n) is 8.00. The largest absolute Gasteiger partial charge is 0.302 e. The Labute approximate surface area is 151 Å². The maximum absolute atomic E-state index is 6.00. The Kier molecular flexibility index (Phi) is 3.93. The van der Waals surface area contributed by atoms with Gasteiger partial charge in [0.2, 0.25) is 0 Å². The number of aromatic nitrogens is 1. The number of pyridine rings is 1. The van der Waals surface area contributed by atoms with Gasteiger partial charge < -0.3 is 4.90 Å². The fraction of sp³-hybridized carbons (Fsp3) is 0.158. The zero-order chi connectivity index (χ0) is 17.4. The quantitative estimate of drug-likeness (QED) is 0.809. The normalized spacial score (nSPS) is 19.1. The van der Waals surface area contributed by atoms with Crippen molar-refractivity contribution in [2.45, 2.75) is 20.0 Å². The Bertz CT molecular complexity index is 871. The molecule has 1 aromatic carbocycles. The van der Waals surface area contributed by atoms with Crippen molar-refractivity contribution in [1.82, 2.24) is 9.88 Å². The highest BCUT2D eigenvalue weighted by Gasteiger charge is 2.34. The monoisotopic (exact) mass is 352 g/mol. The summed E-state index contributed by atoms with van der Waals surface area (Å²) in [4.78, 5) is 12.2. The summed E-state index contributed by atoms with van der Waals surface area (Å²) >= 11 is 6.00. The van der Waals surface area contributed by atoms with Gasteiger partial charge in [-0.3, -0.25) is 4.94 Å². The molecule has 1 unspecified atom stereocenters. The molecule has 0 aliphatic carbocycles. The lowest BCUT2D eigenvalue weighted by Gasteiger charge is -2.40. The van der Waals surface area contributed by atoms with Crippen LogP contribution < -0.4 is 5.06 Å². The van der Waals surface area contributed by atoms with Crippen LogP contribution in [-0.2, 0) is 4.94 Å². The molecular formula is C19H17ClN4O. The molecule has 0 radical (unpaired) electrons. The number of amidine groups is 1. The van der Waals surface area contributed by atoms with E-state index in [1.807, 2.05) is 49.5 Å². The number of hydrogen-bond acceptors (Lipinski definition) is 5. The minimum Gasteiger partial charge on any atom is -0.302 e. The van der Waals surface area contributed by atoms with Crippen molar-refractivity contribution < 1.29 is 4.94 Å². The van der Waals surface area contributed by atoms with Crippen LogP contribution in [0.25, 0.3) is 0 Å². The molecule has 5 nitrogen and oxygen atoms in total. The van der Waals surface area contributed by atoms with Gasteiger partial charge in [-0.2, -0.15) is 0 Å². The fourth-order valence-electron chi connectivity index (χ4n) is 2.79. The molecule has 2 aliphatic rings. The Hall–Kier alpha value is -2.79. The van der Waals surface area contributed by atoms with Gasteiger partial charge in [-0.05, 0) is 66.5 Å². The SMILES string of the molecule is CC1=CN2C(c3ccc(Cl)cc3)=NON(c3ccc(C)cn3)C2C=C1. The highest BCUT2D eigenvalue weighted by atomic mass is 35.5. The zero-order valence-corrected chi connectivity index (χ0v) is 14.7. The lowest BCUT2D eigenvalue weighted by Crippen LogP contribution is -2.52. The van der Waals surface area contributed by atoms with E-state index in [1.54, 1.807) is 5.06 Å². The van der Waals surface area contributed by atoms with E-state index in [0.29, 0.717) is 10.8 Å². The number of halogens is 1. The van der Waals surface area contributed by atoms with Crippen LogP contribution >= 0.6 is 11.6 Å². The summed E-state index contributed by atoms with van der Waals surface area (Å²) < 4.78 is 0. The molecule has 0 N–H and O–H groups in total. The van der Waals surface area contributed by atoms with Crippen molar-refractivity contribution in [3.63, 3.8) is 0 Å². The molecule has 0 saturated carbocycles. The zero-order valence-electron chi connectivity index (χ0n) is 13.9. The van der Waals surface area contributed by atoms with E-state index < -0.39 is 0 Å². The predicted molar refractivity (Wildman–Crippen MR) is 99.1 cm³/mol. The smallest absolute Gasteiger partial charge is 0.184 e. The number of allylic oxidation sites excluding steroid dienone is 2. The lowest BCUT2D eigenvalue weighted by molar-refractivity contribution is 0.0557. The van der Waals surface area contributed by atoms with Gasteiger partial charge in [0, 0.05) is 23.0 Å². The van der Waals surface area contributed by atoms with Crippen LogP contribution in [0.3, 0.4) is 0 Å². The van der Waals surface area contributed by atoms with Crippen LogP contribution in [0.15, 0.2) is 71.7 Å². The third-order valence-corrected chi connectivity index (χ3v) is 4.34. The minimum atomic E-state index is -0.165. The number of oxime groups is 1. The fourth-order valence-corrected chi connectivity index (χ4v) is 2.92. The van der Waals surface area contributed by atoms with Crippen LogP contribution in [0.5, 0.6) is 0 Å². The molecule has 1 atom stereocenters. The first-order valence-corrected chi connectivity index (χ1v) is 8.37. The van der Waals surface area contributed by atoms with E-state index in [9.17, 15) is 0 Å². The number of hydrogen-bond donors (Lipinski definition) is 0. The van der Waals surface area contributed by atoms with Gasteiger partial charge in [-0.1, -0.05) is 23.7 Å². The third-order valence-electron chi connectivity index (χ3n) is 4.08. The molecule has 6 heteroatoms. The lowest BCUT2D eigenvalue weighted by atomic mass is 10.1. The summed E-state index contributed by atoms with van der Waals surface area (Å²) in [5.74, 6) is 1.44. The van der Waals surface area contributed by atoms with Crippen molar-refractivity contribution in [3.8, 4) is 0 Å². The molecule has 0 amide bonds. The summed E-state index contributed by atoms with van der Waals surface area (Å²) in [7, 11) is 0. The Morgan fingerprint density at radius 2 is 1.88 bits per heavy atom. The number of fused-ring (bicyclic) bond motifs is 1. The molecule has 126 valence electrons. The summed E-state index contributed by atoms with van der Waals surface area (Å²) in [6.07, 6.45) is 7.84. The second-order valence-electron chi connectivity index (χ2n) is 6.08. The molecule has 0 fully saturated rings. The van der Waals surface area contributed by atoms with E-state index in [-0.39, 0.29) is 6.17 Å². The van der Waals surface area contributed by atoms with Gasteiger partial charge in [0.25, 0.3) is 0 Å². The molecule has 3 heterocycles. The molecule has 2 aliphatic heterocycles. The van der Waals surface area contributed by atoms with Gasteiger partial charge in [0.05, 0.1) is 0 Å². The second kappa shape index (κ2) is 6.26. The van der Waals surface area contributed by atoms with Crippen molar-refractivity contribution in [2.75, 3.05) is 5.06 Å². The minimum absolute atomic E-state index is 0.165. The number of hydroxylamine groups is 1. The molecular weight excluding hydrogens is 336 g/mol. The third kappa shape index (κ3) is 2.98. The van der Waals surface area contributed by atoms with E-state index in [4.69, 9.17) is 16.5 Å². The molecule has 4 rings (SSSR count). The maximum Gasteiger partial charge on any atom is 0.184 e. The number of benzene rings is 1. The standard InChI is InChI=1S/C19H17ClN4O/c1-13-3-9-17(21-11-13)24-18-10-4-14(2)12-23(18)19(22-25-24)15-5-7-16(20)8-6-15/h3-12,18H,1-2H3. The first kappa shape index (κ1) is 15.7. The molecule has 1 aromatic heterocycles. The first-order chi connectivity index (χ1) is 12.1. The topological polar surface area (TPSA) is 41.0 Å². The van der Waals surface area contributed by atoms with Gasteiger partial charge in [0.1, 0.15) is 0 Å². The molecule has 0 saturated heterocycles. The van der Waals surface area contributed by atoms with Crippen LogP contribution in [-0.4, -0.2) is 21.9 Å². The number of rotatable bonds is 2. The molecule has 25 heavy (non-hydrogen) atoms. The van der Waals surface area contributed by atoms with Crippen molar-refractivity contribution in [1.29, 1.82) is 0 Å². The van der Waals surface area contributed by atoms with Gasteiger partial charge in [-0.25, -0.2) is 4.98 Å². The molecule has 0 spiro atoms. The summed E-state index contributed by atoms with van der Waals surface area (Å²) in [5.41, 5.74) is 3.17. The van der Waals surface area contributed by atoms with E-state index in [1.165, 1.54) is 0 Å². The Morgan fingerprint density at radius 3 is 2.60 bits per heavy atom. The number of nitrogens with zero attached hydrogens (tertiary/aromatic N) is 4. The van der Waals surface area contributed by atoms with Gasteiger partial charge in [-0.15, -0.1) is 5.06 Å². The summed E-state index contributed by atoms with van der Waals surface area (Å²) in [6, 6.07) is 11.5. The Balaban J connectivity index is 1.74. The number of anilines is 1. The molecule has 2 aromatic rings. The predicted octanol–water partition coefficient (Wildman–Crippen LogP) is 4.26. The van der Waals surface area contributed by atoms with Crippen molar-refractivity contribution in [2.24, 2.45) is 5.16 Å². The summed E-state index contributed by atoms with van der Waals surface area (Å²) in [6.45, 7) is 4.06. The maximum atomic E-state index is 6.00. The van der Waals surface area contributed by atoms with E-state index in [2.05, 4.69) is 40.3 Å². The van der Waals surface area contributed by atoms with Crippen LogP contribution in [0.4, 0.5) is 5.82 Å². The van der Waals surface area contributed by atoms with Crippen molar-refractivity contribution >= 4 is 23.3 Å². The average Bonchev–Trinajstić information content (AvgIpc) is 2.62. The molecule has 0 bridgehead atoms. The van der Waals surface area contributed by atoms with Crippen LogP contribution in [0.1, 0.15) is 18.1 Å². The van der Waals surface area contributed by atoms with Crippen LogP contribution in [0, 0.1) is 6.92 Å². The highest BCUT2D eigenvalue weighted by Crippen LogP contribution is 2.28. The van der Waals surface area contributed by atoms with Crippen LogP contribution in [0.2, 0.25) is 5.02 Å². The second-order valence-corrected chi connectivity index (χ2v) is 6.51. The van der Waals surface area contributed by atoms with Crippen molar-refractivity contribution in [3.05, 3.63) is 82.7 Å². The van der Waals surface area contributed by atoms with Gasteiger partial charge >= 0.3 is 0 Å². The summed E-state index contributed by atoms with van der Waals surface area (Å²) in [5, 5.41) is 6.72. The average molecular weight is 353 g/mol. The number of aryl methyl sites for hydroxylation is 1. The Morgan fingerprint density at radius 1 is 1.08 bits per heavy atom. The van der Waals surface area contributed by atoms with E-state index in [0.717, 1.165) is 22.5 Å². The van der Waals surface area contributed by atoms with E-state index >= 15 is 0 Å².